The van der Waals surface area contributed by atoms with Crippen molar-refractivity contribution in [1.82, 2.24) is 4.98 Å². The first kappa shape index (κ1) is 20.1. The van der Waals surface area contributed by atoms with Gasteiger partial charge in [-0.3, -0.25) is 9.78 Å². The normalized spacial score (nSPS) is 10.5. The van der Waals surface area contributed by atoms with E-state index in [2.05, 4.69) is 10.3 Å². The Balaban J connectivity index is 1.47. The van der Waals surface area contributed by atoms with Crippen LogP contribution in [0, 0.1) is 6.92 Å². The molecule has 0 unspecified atom stereocenters. The Kier molecular flexibility index (Phi) is 5.62. The second kappa shape index (κ2) is 8.67. The number of fused-ring (bicyclic) bond motifs is 1. The van der Waals surface area contributed by atoms with Gasteiger partial charge in [-0.25, -0.2) is 4.79 Å². The molecule has 0 aliphatic heterocycles. The predicted molar refractivity (Wildman–Crippen MR) is 119 cm³/mol. The summed E-state index contributed by atoms with van der Waals surface area (Å²) in [6, 6.07) is 22.8. The third-order valence-corrected chi connectivity index (χ3v) is 4.79. The van der Waals surface area contributed by atoms with E-state index in [1.165, 1.54) is 0 Å². The number of nitrogens with one attached hydrogen (secondary N) is 1. The zero-order valence-electron chi connectivity index (χ0n) is 17.1. The summed E-state index contributed by atoms with van der Waals surface area (Å²) in [6.07, 6.45) is 0. The number of ether oxygens (including phenoxy) is 2. The Labute approximate surface area is 179 Å². The minimum Gasteiger partial charge on any atom is -0.497 e. The van der Waals surface area contributed by atoms with E-state index in [0.29, 0.717) is 34.0 Å². The molecule has 4 aromatic rings. The van der Waals surface area contributed by atoms with Gasteiger partial charge in [-0.1, -0.05) is 18.2 Å². The molecule has 6 nitrogen and oxygen atoms in total. The van der Waals surface area contributed by atoms with Gasteiger partial charge in [-0.15, -0.1) is 0 Å². The van der Waals surface area contributed by atoms with Gasteiger partial charge in [0, 0.05) is 22.7 Å². The second-order valence-corrected chi connectivity index (χ2v) is 6.91. The number of benzene rings is 3. The molecule has 1 aromatic heterocycles. The molecular weight excluding hydrogens is 392 g/mol. The van der Waals surface area contributed by atoms with Gasteiger partial charge in [0.25, 0.3) is 5.91 Å². The third kappa shape index (κ3) is 4.53. The molecule has 154 valence electrons. The number of methoxy groups -OCH3 is 1. The molecule has 6 heteroatoms. The lowest BCUT2D eigenvalue weighted by Crippen LogP contribution is -2.12. The van der Waals surface area contributed by atoms with E-state index in [-0.39, 0.29) is 5.91 Å². The van der Waals surface area contributed by atoms with Crippen molar-refractivity contribution in [2.75, 3.05) is 12.4 Å². The van der Waals surface area contributed by atoms with Gasteiger partial charge in [0.05, 0.1) is 23.9 Å². The lowest BCUT2D eigenvalue weighted by atomic mass is 10.1. The number of rotatable bonds is 5. The molecule has 31 heavy (non-hydrogen) atoms. The third-order valence-electron chi connectivity index (χ3n) is 4.79. The van der Waals surface area contributed by atoms with Gasteiger partial charge in [-0.05, 0) is 61.5 Å². The summed E-state index contributed by atoms with van der Waals surface area (Å²) in [5, 5.41) is 3.63. The van der Waals surface area contributed by atoms with E-state index in [1.807, 2.05) is 24.3 Å². The lowest BCUT2D eigenvalue weighted by molar-refractivity contribution is 0.0733. The van der Waals surface area contributed by atoms with E-state index in [4.69, 9.17) is 9.47 Å². The van der Waals surface area contributed by atoms with Crippen LogP contribution in [0.4, 0.5) is 5.69 Å². The van der Waals surface area contributed by atoms with E-state index in [1.54, 1.807) is 68.6 Å². The molecule has 0 aliphatic carbocycles. The number of pyridine rings is 1. The highest BCUT2D eigenvalue weighted by Crippen LogP contribution is 2.23. The monoisotopic (exact) mass is 412 g/mol. The van der Waals surface area contributed by atoms with Crippen LogP contribution in [0.25, 0.3) is 10.9 Å². The number of anilines is 1. The molecule has 4 rings (SSSR count). The summed E-state index contributed by atoms with van der Waals surface area (Å²) >= 11 is 0. The topological polar surface area (TPSA) is 77.5 Å². The van der Waals surface area contributed by atoms with Crippen LogP contribution in [-0.2, 0) is 0 Å². The summed E-state index contributed by atoms with van der Waals surface area (Å²) in [4.78, 5) is 29.4. The minimum absolute atomic E-state index is 0.208. The molecule has 1 heterocycles. The summed E-state index contributed by atoms with van der Waals surface area (Å²) < 4.78 is 10.7. The fraction of sp³-hybridized carbons (Fsp3) is 0.0800. The van der Waals surface area contributed by atoms with Crippen molar-refractivity contribution in [2.24, 2.45) is 0 Å². The van der Waals surface area contributed by atoms with Gasteiger partial charge in [-0.2, -0.15) is 0 Å². The van der Waals surface area contributed by atoms with Gasteiger partial charge in [0.15, 0.2) is 0 Å². The summed E-state index contributed by atoms with van der Waals surface area (Å²) in [6.45, 7) is 1.76. The zero-order valence-corrected chi connectivity index (χ0v) is 17.1. The predicted octanol–water partition coefficient (Wildman–Crippen LogP) is 5.02. The van der Waals surface area contributed by atoms with Crippen molar-refractivity contribution in [3.05, 3.63) is 95.7 Å². The Bertz CT molecular complexity index is 1250. The lowest BCUT2D eigenvalue weighted by Gasteiger charge is -2.10. The first-order valence-corrected chi connectivity index (χ1v) is 9.67. The second-order valence-electron chi connectivity index (χ2n) is 6.91. The number of carbonyl (C=O) groups is 2. The molecule has 0 radical (unpaired) electrons. The van der Waals surface area contributed by atoms with Crippen LogP contribution in [0.5, 0.6) is 11.5 Å². The molecule has 0 saturated carbocycles. The van der Waals surface area contributed by atoms with Gasteiger partial charge < -0.3 is 14.8 Å². The Hall–Kier alpha value is -4.19. The molecule has 0 saturated heterocycles. The molecule has 0 aliphatic rings. The number of aromatic nitrogens is 1. The van der Waals surface area contributed by atoms with Crippen molar-refractivity contribution >= 4 is 28.5 Å². The maximum atomic E-state index is 12.7. The Morgan fingerprint density at radius 3 is 2.29 bits per heavy atom. The zero-order chi connectivity index (χ0) is 21.8. The van der Waals surface area contributed by atoms with Crippen LogP contribution < -0.4 is 14.8 Å². The fourth-order valence-corrected chi connectivity index (χ4v) is 3.14. The summed E-state index contributed by atoms with van der Waals surface area (Å²) in [5.41, 5.74) is 2.87. The van der Waals surface area contributed by atoms with E-state index in [9.17, 15) is 9.59 Å². The van der Waals surface area contributed by atoms with Crippen LogP contribution in [0.1, 0.15) is 26.4 Å². The number of hydrogen-bond acceptors (Lipinski definition) is 5. The molecule has 0 bridgehead atoms. The maximum Gasteiger partial charge on any atom is 0.345 e. The van der Waals surface area contributed by atoms with Crippen molar-refractivity contribution in [2.45, 2.75) is 6.92 Å². The van der Waals surface area contributed by atoms with Crippen LogP contribution in [-0.4, -0.2) is 24.0 Å². The average molecular weight is 412 g/mol. The SMILES string of the molecule is COc1ccc2cc(C(=O)Oc3ccc(NC(=O)c4ccccc4)cc3)c(C)nc2c1. The number of nitrogens with zero attached hydrogens (tertiary/aromatic N) is 1. The average Bonchev–Trinajstić information content (AvgIpc) is 2.80. The standard InChI is InChI=1S/C25H20N2O4/c1-16-22(14-18-8-11-21(30-2)15-23(18)26-16)25(29)31-20-12-9-19(10-13-20)27-24(28)17-6-4-3-5-7-17/h3-15H,1-2H3,(H,27,28). The number of carbonyl (C=O) groups excluding carboxylic acids is 2. The molecule has 0 spiro atoms. The first-order valence-electron chi connectivity index (χ1n) is 9.67. The molecule has 0 fully saturated rings. The first-order chi connectivity index (χ1) is 15.0. The quantitative estimate of drug-likeness (QED) is 0.368. The van der Waals surface area contributed by atoms with E-state index in [0.717, 1.165) is 10.9 Å². The summed E-state index contributed by atoms with van der Waals surface area (Å²) in [5.74, 6) is 0.370. The minimum atomic E-state index is -0.496. The van der Waals surface area contributed by atoms with E-state index >= 15 is 0 Å². The van der Waals surface area contributed by atoms with Crippen LogP contribution in [0.2, 0.25) is 0 Å². The van der Waals surface area contributed by atoms with Gasteiger partial charge in [0.1, 0.15) is 11.5 Å². The number of amides is 1. The number of hydrogen-bond donors (Lipinski definition) is 1. The van der Waals surface area contributed by atoms with Crippen molar-refractivity contribution in [3.63, 3.8) is 0 Å². The Morgan fingerprint density at radius 1 is 0.871 bits per heavy atom. The highest BCUT2D eigenvalue weighted by molar-refractivity contribution is 6.04. The highest BCUT2D eigenvalue weighted by atomic mass is 16.5. The van der Waals surface area contributed by atoms with Crippen molar-refractivity contribution in [1.29, 1.82) is 0 Å². The van der Waals surface area contributed by atoms with E-state index < -0.39 is 5.97 Å². The largest absolute Gasteiger partial charge is 0.497 e. The highest BCUT2D eigenvalue weighted by Gasteiger charge is 2.15. The van der Waals surface area contributed by atoms with Gasteiger partial charge >= 0.3 is 5.97 Å². The fourth-order valence-electron chi connectivity index (χ4n) is 3.14. The Morgan fingerprint density at radius 2 is 1.58 bits per heavy atom. The van der Waals surface area contributed by atoms with Crippen LogP contribution in [0.3, 0.4) is 0 Å². The number of aryl methyl sites for hydroxylation is 1. The molecular formula is C25H20N2O4. The maximum absolute atomic E-state index is 12.7. The molecule has 1 N–H and O–H groups in total. The van der Waals surface area contributed by atoms with Gasteiger partial charge in [0.2, 0.25) is 0 Å². The summed E-state index contributed by atoms with van der Waals surface area (Å²) in [7, 11) is 1.60. The molecule has 1 amide bonds. The molecule has 0 atom stereocenters. The number of esters is 1. The molecule has 3 aromatic carbocycles. The van der Waals surface area contributed by atoms with Crippen molar-refractivity contribution in [3.8, 4) is 11.5 Å². The van der Waals surface area contributed by atoms with Crippen LogP contribution >= 0.6 is 0 Å². The van der Waals surface area contributed by atoms with Crippen LogP contribution in [0.15, 0.2) is 78.9 Å². The van der Waals surface area contributed by atoms with Crippen molar-refractivity contribution < 1.29 is 19.1 Å². The smallest absolute Gasteiger partial charge is 0.345 e.